The zero-order valence-corrected chi connectivity index (χ0v) is 13.4. The van der Waals surface area contributed by atoms with Crippen molar-refractivity contribution in [2.24, 2.45) is 29.1 Å². The molecule has 21 heavy (non-hydrogen) atoms. The predicted molar refractivity (Wildman–Crippen MR) is 85.9 cm³/mol. The average Bonchev–Trinajstić information content (AvgIpc) is 2.84. The molecule has 114 valence electrons. The van der Waals surface area contributed by atoms with Crippen LogP contribution >= 0.6 is 0 Å². The second-order valence-corrected chi connectivity index (χ2v) is 7.97. The first-order valence-electron chi connectivity index (χ1n) is 9.07. The summed E-state index contributed by atoms with van der Waals surface area (Å²) in [5.74, 6) is 3.37. The number of carbonyl (C=O) groups is 1. The van der Waals surface area contributed by atoms with Gasteiger partial charge in [0.15, 0.2) is 0 Å². The van der Waals surface area contributed by atoms with Crippen molar-refractivity contribution in [3.05, 3.63) is 23.8 Å². The second kappa shape index (κ2) is 4.83. The minimum atomic E-state index is -0.0295. The van der Waals surface area contributed by atoms with E-state index < -0.39 is 0 Å². The Morgan fingerprint density at radius 1 is 1.29 bits per heavy atom. The smallest absolute Gasteiger partial charge is 0.139 e. The molecular weight excluding hydrogens is 256 g/mol. The van der Waals surface area contributed by atoms with Gasteiger partial charge < -0.3 is 0 Å². The minimum absolute atomic E-state index is 0.0295. The van der Waals surface area contributed by atoms with Crippen molar-refractivity contribution < 1.29 is 4.79 Å². The summed E-state index contributed by atoms with van der Waals surface area (Å²) in [6, 6.07) is 0. The van der Waals surface area contributed by atoms with E-state index in [1.165, 1.54) is 37.7 Å². The maximum absolute atomic E-state index is 12.6. The maximum Gasteiger partial charge on any atom is 0.139 e. The van der Waals surface area contributed by atoms with Gasteiger partial charge in [-0.1, -0.05) is 37.1 Å². The van der Waals surface area contributed by atoms with Crippen molar-refractivity contribution in [2.45, 2.75) is 64.7 Å². The third kappa shape index (κ3) is 1.79. The lowest BCUT2D eigenvalue weighted by molar-refractivity contribution is -0.130. The molecule has 0 amide bonds. The number of rotatable bonds is 1. The fraction of sp³-hybridized carbons (Fsp3) is 0.750. The zero-order valence-electron chi connectivity index (χ0n) is 13.4. The van der Waals surface area contributed by atoms with Crippen LogP contribution in [0.25, 0.3) is 0 Å². The van der Waals surface area contributed by atoms with E-state index in [0.29, 0.717) is 23.5 Å². The average molecular weight is 284 g/mol. The Labute approximate surface area is 128 Å². The molecule has 0 spiro atoms. The van der Waals surface area contributed by atoms with Gasteiger partial charge in [-0.25, -0.2) is 0 Å². The first-order valence-corrected chi connectivity index (χ1v) is 9.07. The van der Waals surface area contributed by atoms with Crippen LogP contribution in [0.5, 0.6) is 0 Å². The van der Waals surface area contributed by atoms with Gasteiger partial charge in [0.1, 0.15) is 5.78 Å². The summed E-state index contributed by atoms with van der Waals surface area (Å²) in [5.41, 5.74) is 3.13. The molecular formula is C20H28O. The van der Waals surface area contributed by atoms with Crippen LogP contribution in [-0.2, 0) is 4.79 Å². The first kappa shape index (κ1) is 13.8. The lowest BCUT2D eigenvalue weighted by Gasteiger charge is -2.53. The van der Waals surface area contributed by atoms with Crippen LogP contribution in [0, 0.1) is 29.1 Å². The van der Waals surface area contributed by atoms with Crippen LogP contribution in [0.2, 0.25) is 0 Å². The number of Topliss-reactive ketones (excluding diaryl/α,β-unsaturated/α-hetero) is 1. The molecule has 0 N–H and O–H groups in total. The Bertz CT molecular complexity index is 514. The molecule has 1 heteroatoms. The maximum atomic E-state index is 12.6. The van der Waals surface area contributed by atoms with Gasteiger partial charge in [0.25, 0.3) is 0 Å². The van der Waals surface area contributed by atoms with Crippen molar-refractivity contribution in [1.29, 1.82) is 0 Å². The van der Waals surface area contributed by atoms with Gasteiger partial charge in [0, 0.05) is 11.8 Å². The number of ketones is 1. The molecule has 0 saturated heterocycles. The molecule has 5 atom stereocenters. The van der Waals surface area contributed by atoms with Gasteiger partial charge in [0.2, 0.25) is 0 Å². The highest BCUT2D eigenvalue weighted by atomic mass is 16.1. The van der Waals surface area contributed by atoms with E-state index in [-0.39, 0.29) is 5.41 Å². The minimum Gasteiger partial charge on any atom is -0.299 e. The lowest BCUT2D eigenvalue weighted by Crippen LogP contribution is -2.47. The second-order valence-electron chi connectivity index (χ2n) is 7.97. The summed E-state index contributed by atoms with van der Waals surface area (Å²) < 4.78 is 0. The molecule has 4 aliphatic rings. The summed E-state index contributed by atoms with van der Waals surface area (Å²) in [6.07, 6.45) is 13.2. The van der Waals surface area contributed by atoms with Crippen LogP contribution in [0.1, 0.15) is 64.7 Å². The summed E-state index contributed by atoms with van der Waals surface area (Å²) in [5, 5.41) is 0. The Kier molecular flexibility index (Phi) is 3.17. The molecule has 1 nitrogen and oxygen atoms in total. The molecule has 3 saturated carbocycles. The van der Waals surface area contributed by atoms with Crippen LogP contribution in [0.15, 0.2) is 23.8 Å². The van der Waals surface area contributed by atoms with Crippen LogP contribution in [-0.4, -0.2) is 5.78 Å². The fourth-order valence-electron chi connectivity index (χ4n) is 6.44. The number of hydrogen-bond acceptors (Lipinski definition) is 1. The first-order chi connectivity index (χ1) is 10.2. The van der Waals surface area contributed by atoms with Crippen molar-refractivity contribution in [1.82, 2.24) is 0 Å². The molecule has 0 radical (unpaired) electrons. The molecule has 4 rings (SSSR count). The van der Waals surface area contributed by atoms with Gasteiger partial charge >= 0.3 is 0 Å². The molecule has 4 aliphatic carbocycles. The predicted octanol–water partition coefficient (Wildman–Crippen LogP) is 5.07. The largest absolute Gasteiger partial charge is 0.299 e. The van der Waals surface area contributed by atoms with E-state index in [1.807, 2.05) is 0 Å². The molecule has 0 heterocycles. The zero-order chi connectivity index (χ0) is 14.6. The highest BCUT2D eigenvalue weighted by Crippen LogP contribution is 2.62. The Hall–Kier alpha value is -0.850. The summed E-state index contributed by atoms with van der Waals surface area (Å²) in [7, 11) is 0. The topological polar surface area (TPSA) is 17.1 Å². The third-order valence-electron chi connectivity index (χ3n) is 7.36. The Morgan fingerprint density at radius 2 is 2.14 bits per heavy atom. The Morgan fingerprint density at radius 3 is 2.95 bits per heavy atom. The molecule has 3 fully saturated rings. The number of fused-ring (bicyclic) bond motifs is 5. The Balaban J connectivity index is 1.73. The quantitative estimate of drug-likeness (QED) is 0.614. The van der Waals surface area contributed by atoms with E-state index in [9.17, 15) is 4.79 Å². The number of allylic oxidation sites excluding steroid dienone is 3. The molecule has 0 aromatic rings. The van der Waals surface area contributed by atoms with Crippen molar-refractivity contribution in [3.8, 4) is 0 Å². The molecule has 0 aliphatic heterocycles. The van der Waals surface area contributed by atoms with Crippen molar-refractivity contribution in [3.63, 3.8) is 0 Å². The normalized spacial score (nSPS) is 45.7. The van der Waals surface area contributed by atoms with E-state index >= 15 is 0 Å². The van der Waals surface area contributed by atoms with Gasteiger partial charge in [-0.15, -0.1) is 0 Å². The van der Waals surface area contributed by atoms with Gasteiger partial charge in [0.05, 0.1) is 0 Å². The lowest BCUT2D eigenvalue weighted by atomic mass is 9.50. The summed E-state index contributed by atoms with van der Waals surface area (Å²) >= 11 is 0. The van der Waals surface area contributed by atoms with Crippen molar-refractivity contribution in [2.75, 3.05) is 0 Å². The highest BCUT2D eigenvalue weighted by Gasteiger charge is 2.58. The highest BCUT2D eigenvalue weighted by molar-refractivity contribution is 5.88. The summed E-state index contributed by atoms with van der Waals surface area (Å²) in [6.45, 7) is 6.73. The van der Waals surface area contributed by atoms with Gasteiger partial charge in [-0.2, -0.15) is 0 Å². The van der Waals surface area contributed by atoms with Crippen LogP contribution in [0.3, 0.4) is 0 Å². The molecule has 0 unspecified atom stereocenters. The molecule has 0 bridgehead atoms. The summed E-state index contributed by atoms with van der Waals surface area (Å²) in [4.78, 5) is 12.6. The fourth-order valence-corrected chi connectivity index (χ4v) is 6.44. The standard InChI is InChI=1S/C20H28O/c1-3-20-12-13(2)19-15-7-5-4-6-14(15)8-9-16(19)17(20)10-11-18(20)21/h8,15-17,19H,2-7,9-12H2,1H3/t15-,16-,17-,19+,20-/m0/s1. The van der Waals surface area contributed by atoms with Crippen LogP contribution < -0.4 is 0 Å². The third-order valence-corrected chi connectivity index (χ3v) is 7.36. The van der Waals surface area contributed by atoms with Crippen LogP contribution in [0.4, 0.5) is 0 Å². The van der Waals surface area contributed by atoms with Gasteiger partial charge in [-0.05, 0) is 68.6 Å². The SMILES string of the molecule is C=C1C[C@]2(CC)C(=O)CC[C@H]2[C@@H]2CC=C3CCCC[C@@H]3[C@@H]12. The molecule has 0 aromatic carbocycles. The van der Waals surface area contributed by atoms with E-state index in [0.717, 1.165) is 31.6 Å². The molecule has 0 aromatic heterocycles. The van der Waals surface area contributed by atoms with E-state index in [2.05, 4.69) is 19.6 Å². The number of carbonyl (C=O) groups excluding carboxylic acids is 1. The monoisotopic (exact) mass is 284 g/mol. The number of hydrogen-bond donors (Lipinski definition) is 0. The van der Waals surface area contributed by atoms with Gasteiger partial charge in [-0.3, -0.25) is 4.79 Å². The van der Waals surface area contributed by atoms with Crippen molar-refractivity contribution >= 4 is 5.78 Å². The van der Waals surface area contributed by atoms with E-state index in [4.69, 9.17) is 0 Å². The van der Waals surface area contributed by atoms with E-state index in [1.54, 1.807) is 5.57 Å².